The van der Waals surface area contributed by atoms with Crippen molar-refractivity contribution in [2.24, 2.45) is 0 Å². The molecule has 0 saturated carbocycles. The van der Waals surface area contributed by atoms with Crippen LogP contribution in [-0.2, 0) is 24.4 Å². The Bertz CT molecular complexity index is 1610. The van der Waals surface area contributed by atoms with Crippen LogP contribution >= 0.6 is 11.6 Å². The number of hydrogen-bond donors (Lipinski definition) is 1. The minimum absolute atomic E-state index is 0.0567. The lowest BCUT2D eigenvalue weighted by molar-refractivity contribution is -0.0592. The molecular weight excluding hydrogens is 539 g/mol. The first-order valence-corrected chi connectivity index (χ1v) is 13.5. The van der Waals surface area contributed by atoms with Crippen molar-refractivity contribution in [3.05, 3.63) is 81.7 Å². The van der Waals surface area contributed by atoms with Crippen LogP contribution in [0.3, 0.4) is 0 Å². The van der Waals surface area contributed by atoms with E-state index >= 15 is 0 Å². The summed E-state index contributed by atoms with van der Waals surface area (Å²) >= 11 is 5.83. The Hall–Kier alpha value is -3.73. The SMILES string of the molecule is Cc1c(C(=O)O)oc2nc(CN3CC=C(c4cccc(OCc5ccc(Cl)cc5F)n4)CC3)n(C[C@@H]3CCO3)c12. The summed E-state index contributed by atoms with van der Waals surface area (Å²) in [5.74, 6) is -0.338. The van der Waals surface area contributed by atoms with Crippen molar-refractivity contribution in [2.75, 3.05) is 19.7 Å². The number of aryl methyl sites for hydroxylation is 1. The zero-order valence-corrected chi connectivity index (χ0v) is 22.7. The lowest BCUT2D eigenvalue weighted by atomic mass is 10.0. The second-order valence-corrected chi connectivity index (χ2v) is 10.5. The molecule has 1 N–H and O–H groups in total. The molecule has 9 nitrogen and oxygen atoms in total. The molecule has 0 aliphatic carbocycles. The van der Waals surface area contributed by atoms with Crippen molar-refractivity contribution in [3.8, 4) is 5.88 Å². The van der Waals surface area contributed by atoms with E-state index in [1.54, 1.807) is 25.1 Å². The molecule has 1 saturated heterocycles. The molecule has 5 heterocycles. The Morgan fingerprint density at radius 3 is 2.83 bits per heavy atom. The van der Waals surface area contributed by atoms with Gasteiger partial charge in [0.2, 0.25) is 17.4 Å². The third-order valence-electron chi connectivity index (χ3n) is 7.38. The highest BCUT2D eigenvalue weighted by molar-refractivity contribution is 6.30. The van der Waals surface area contributed by atoms with Gasteiger partial charge in [0.25, 0.3) is 0 Å². The predicted molar refractivity (Wildman–Crippen MR) is 146 cm³/mol. The highest BCUT2D eigenvalue weighted by Gasteiger charge is 2.28. The van der Waals surface area contributed by atoms with Crippen LogP contribution < -0.4 is 4.74 Å². The number of pyridine rings is 1. The van der Waals surface area contributed by atoms with Crippen LogP contribution in [-0.4, -0.2) is 56.3 Å². The summed E-state index contributed by atoms with van der Waals surface area (Å²) < 4.78 is 33.2. The van der Waals surface area contributed by atoms with E-state index in [0.717, 1.165) is 48.6 Å². The molecule has 40 heavy (non-hydrogen) atoms. The second kappa shape index (κ2) is 11.0. The quantitative estimate of drug-likeness (QED) is 0.284. The number of rotatable bonds is 9. The van der Waals surface area contributed by atoms with Gasteiger partial charge in [-0.05, 0) is 43.5 Å². The molecule has 0 radical (unpaired) electrons. The number of imidazole rings is 1. The van der Waals surface area contributed by atoms with Crippen LogP contribution in [0.5, 0.6) is 5.88 Å². The summed E-state index contributed by atoms with van der Waals surface area (Å²) in [5, 5.41) is 9.82. The van der Waals surface area contributed by atoms with E-state index in [9.17, 15) is 14.3 Å². The standard InChI is InChI=1S/C29H28ClFN4O5/c1-17-26-28(40-27(17)29(36)37)33-24(35(26)14-21-9-12-38-21)15-34-10-7-18(8-11-34)23-3-2-4-25(32-23)39-16-19-5-6-20(30)13-22(19)31/h2-7,13,21H,8-12,14-16H2,1H3,(H,36,37)/t21-/m0/s1. The van der Waals surface area contributed by atoms with Crippen molar-refractivity contribution in [1.29, 1.82) is 0 Å². The average Bonchev–Trinajstić information content (AvgIpc) is 3.42. The van der Waals surface area contributed by atoms with Crippen LogP contribution in [0.15, 0.2) is 46.9 Å². The third-order valence-corrected chi connectivity index (χ3v) is 7.62. The van der Waals surface area contributed by atoms with Gasteiger partial charge in [0, 0.05) is 41.9 Å². The fourth-order valence-electron chi connectivity index (χ4n) is 5.10. The zero-order chi connectivity index (χ0) is 27.8. The van der Waals surface area contributed by atoms with Gasteiger partial charge >= 0.3 is 5.97 Å². The second-order valence-electron chi connectivity index (χ2n) is 10.0. The minimum atomic E-state index is -1.10. The number of carbonyl (C=O) groups is 1. The topological polar surface area (TPSA) is 103 Å². The molecular formula is C29H28ClFN4O5. The summed E-state index contributed by atoms with van der Waals surface area (Å²) in [4.78, 5) is 23.2. The van der Waals surface area contributed by atoms with Crippen molar-refractivity contribution in [3.63, 3.8) is 0 Å². The van der Waals surface area contributed by atoms with E-state index in [1.165, 1.54) is 6.07 Å². The number of nitrogens with zero attached hydrogens (tertiary/aromatic N) is 4. The summed E-state index contributed by atoms with van der Waals surface area (Å²) in [7, 11) is 0. The van der Waals surface area contributed by atoms with Gasteiger partial charge in [-0.1, -0.05) is 29.8 Å². The number of carboxylic acids is 1. The molecule has 208 valence electrons. The maximum atomic E-state index is 14.1. The van der Waals surface area contributed by atoms with E-state index in [0.29, 0.717) is 47.4 Å². The molecule has 3 aromatic heterocycles. The first kappa shape index (κ1) is 26.5. The Balaban J connectivity index is 1.15. The van der Waals surface area contributed by atoms with Crippen molar-refractivity contribution in [1.82, 2.24) is 19.4 Å². The smallest absolute Gasteiger partial charge is 0.372 e. The summed E-state index contributed by atoms with van der Waals surface area (Å²) in [6.45, 7) is 5.24. The number of aromatic nitrogens is 3. The molecule has 0 bridgehead atoms. The van der Waals surface area contributed by atoms with Gasteiger partial charge in [-0.2, -0.15) is 4.98 Å². The van der Waals surface area contributed by atoms with Gasteiger partial charge in [-0.15, -0.1) is 0 Å². The van der Waals surface area contributed by atoms with Gasteiger partial charge in [-0.3, -0.25) is 4.90 Å². The summed E-state index contributed by atoms with van der Waals surface area (Å²) in [5.41, 5.74) is 3.99. The van der Waals surface area contributed by atoms with Gasteiger partial charge in [0.1, 0.15) is 23.8 Å². The predicted octanol–water partition coefficient (Wildman–Crippen LogP) is 5.48. The van der Waals surface area contributed by atoms with Gasteiger partial charge in [-0.25, -0.2) is 14.2 Å². The maximum Gasteiger partial charge on any atom is 0.372 e. The van der Waals surface area contributed by atoms with Gasteiger partial charge in [0.05, 0.1) is 24.9 Å². The van der Waals surface area contributed by atoms with E-state index in [4.69, 9.17) is 25.5 Å². The fraction of sp³-hybridized carbons (Fsp3) is 0.345. The Kier molecular flexibility index (Phi) is 7.31. The molecule has 2 aliphatic rings. The number of furan rings is 1. The van der Waals surface area contributed by atoms with Crippen LogP contribution in [0.2, 0.25) is 5.02 Å². The number of hydrogen-bond acceptors (Lipinski definition) is 7. The Labute approximate surface area is 234 Å². The van der Waals surface area contributed by atoms with Crippen molar-refractivity contribution < 1.29 is 28.2 Å². The molecule has 6 rings (SSSR count). The molecule has 1 atom stereocenters. The zero-order valence-electron chi connectivity index (χ0n) is 21.9. The van der Waals surface area contributed by atoms with Gasteiger partial charge < -0.3 is 23.6 Å². The first-order chi connectivity index (χ1) is 19.4. The van der Waals surface area contributed by atoms with E-state index in [2.05, 4.69) is 25.5 Å². The van der Waals surface area contributed by atoms with Crippen LogP contribution in [0.4, 0.5) is 4.39 Å². The molecule has 4 aromatic rings. The number of halogens is 2. The summed E-state index contributed by atoms with van der Waals surface area (Å²) in [6, 6.07) is 10.1. The monoisotopic (exact) mass is 566 g/mol. The maximum absolute atomic E-state index is 14.1. The molecule has 1 fully saturated rings. The minimum Gasteiger partial charge on any atom is -0.475 e. The lowest BCUT2D eigenvalue weighted by Crippen LogP contribution is -2.33. The average molecular weight is 567 g/mol. The molecule has 11 heteroatoms. The first-order valence-electron chi connectivity index (χ1n) is 13.1. The normalized spacial score (nSPS) is 17.6. The lowest BCUT2D eigenvalue weighted by Gasteiger charge is -2.29. The number of fused-ring (bicyclic) bond motifs is 1. The molecule has 0 amide bonds. The van der Waals surface area contributed by atoms with E-state index in [1.807, 2.05) is 12.1 Å². The molecule has 0 spiro atoms. The van der Waals surface area contributed by atoms with Gasteiger partial charge in [0.15, 0.2) is 0 Å². The van der Waals surface area contributed by atoms with Crippen molar-refractivity contribution >= 4 is 34.4 Å². The van der Waals surface area contributed by atoms with E-state index in [-0.39, 0.29) is 18.5 Å². The molecule has 0 unspecified atom stereocenters. The van der Waals surface area contributed by atoms with E-state index < -0.39 is 11.8 Å². The summed E-state index contributed by atoms with van der Waals surface area (Å²) in [6.07, 6.45) is 3.98. The highest BCUT2D eigenvalue weighted by Crippen LogP contribution is 2.30. The number of ether oxygens (including phenoxy) is 2. The fourth-order valence-corrected chi connectivity index (χ4v) is 5.25. The number of carboxylic acid groups (broad SMARTS) is 1. The van der Waals surface area contributed by atoms with Crippen molar-refractivity contribution in [2.45, 2.75) is 45.6 Å². The largest absolute Gasteiger partial charge is 0.475 e. The highest BCUT2D eigenvalue weighted by atomic mass is 35.5. The number of aromatic carboxylic acids is 1. The van der Waals surface area contributed by atoms with Crippen LogP contribution in [0, 0.1) is 12.7 Å². The molecule has 1 aromatic carbocycles. The Morgan fingerprint density at radius 1 is 1.27 bits per heavy atom. The Morgan fingerprint density at radius 2 is 2.12 bits per heavy atom. The molecule has 2 aliphatic heterocycles. The van der Waals surface area contributed by atoms with Crippen LogP contribution in [0.1, 0.15) is 46.0 Å². The number of benzene rings is 1. The third kappa shape index (κ3) is 5.34. The van der Waals surface area contributed by atoms with Crippen LogP contribution in [0.25, 0.3) is 16.8 Å².